The molecule has 0 unspecified atom stereocenters. The number of halogens is 3. The highest BCUT2D eigenvalue weighted by atomic mass is 19.4. The predicted molar refractivity (Wildman–Crippen MR) is 125 cm³/mol. The molecule has 0 saturated carbocycles. The number of ether oxygens (including phenoxy) is 3. The minimum atomic E-state index is -4.44. The second kappa shape index (κ2) is 11.5. The Hall–Kier alpha value is -2.76. The zero-order valence-corrected chi connectivity index (χ0v) is 20.4. The molecule has 1 N–H and O–H groups in total. The maximum atomic E-state index is 13.3. The molecule has 36 heavy (non-hydrogen) atoms. The summed E-state index contributed by atoms with van der Waals surface area (Å²) in [6, 6.07) is 5.52. The number of carbonyl (C=O) groups is 1. The van der Waals surface area contributed by atoms with E-state index in [1.165, 1.54) is 19.5 Å². The van der Waals surface area contributed by atoms with Crippen LogP contribution in [0.1, 0.15) is 46.6 Å². The van der Waals surface area contributed by atoms with Crippen molar-refractivity contribution in [1.29, 1.82) is 0 Å². The molecule has 0 bridgehead atoms. The summed E-state index contributed by atoms with van der Waals surface area (Å²) in [6.45, 7) is 2.37. The van der Waals surface area contributed by atoms with Crippen LogP contribution in [0.5, 0.6) is 5.75 Å². The van der Waals surface area contributed by atoms with Gasteiger partial charge in [-0.15, -0.1) is 0 Å². The van der Waals surface area contributed by atoms with Gasteiger partial charge in [0, 0.05) is 45.3 Å². The number of amides is 1. The minimum absolute atomic E-state index is 0.0129. The van der Waals surface area contributed by atoms with E-state index in [1.807, 2.05) is 0 Å². The van der Waals surface area contributed by atoms with E-state index in [-0.39, 0.29) is 42.0 Å². The van der Waals surface area contributed by atoms with Crippen LogP contribution in [-0.4, -0.2) is 79.5 Å². The number of hydrogen-bond acceptors (Lipinski definition) is 7. The van der Waals surface area contributed by atoms with E-state index in [9.17, 15) is 18.0 Å². The van der Waals surface area contributed by atoms with Crippen molar-refractivity contribution in [2.45, 2.75) is 50.0 Å². The highest BCUT2D eigenvalue weighted by molar-refractivity contribution is 5.95. The Bertz CT molecular complexity index is 1040. The van der Waals surface area contributed by atoms with Gasteiger partial charge in [-0.2, -0.15) is 13.2 Å². The van der Waals surface area contributed by atoms with Gasteiger partial charge in [0.25, 0.3) is 5.91 Å². The first-order chi connectivity index (χ1) is 17.3. The fourth-order valence-corrected chi connectivity index (χ4v) is 4.79. The van der Waals surface area contributed by atoms with Crippen molar-refractivity contribution in [3.63, 3.8) is 0 Å². The van der Waals surface area contributed by atoms with Crippen molar-refractivity contribution in [2.24, 2.45) is 0 Å². The van der Waals surface area contributed by atoms with Crippen LogP contribution >= 0.6 is 0 Å². The molecule has 2 atom stereocenters. The van der Waals surface area contributed by atoms with Gasteiger partial charge in [-0.05, 0) is 30.9 Å². The lowest BCUT2D eigenvalue weighted by atomic mass is 9.99. The fourth-order valence-electron chi connectivity index (χ4n) is 4.79. The van der Waals surface area contributed by atoms with Gasteiger partial charge >= 0.3 is 6.18 Å². The van der Waals surface area contributed by atoms with Gasteiger partial charge in [-0.3, -0.25) is 4.79 Å². The van der Waals surface area contributed by atoms with E-state index in [4.69, 9.17) is 14.2 Å². The van der Waals surface area contributed by atoms with Crippen LogP contribution in [0.15, 0.2) is 30.6 Å². The van der Waals surface area contributed by atoms with E-state index in [1.54, 1.807) is 18.1 Å². The van der Waals surface area contributed by atoms with Crippen molar-refractivity contribution < 1.29 is 32.2 Å². The topological polar surface area (TPSA) is 85.8 Å². The third kappa shape index (κ3) is 6.13. The summed E-state index contributed by atoms with van der Waals surface area (Å²) in [5.74, 6) is -0.0934. The molecule has 2 aliphatic heterocycles. The molecular weight excluding hydrogens is 477 g/mol. The molecule has 8 nitrogen and oxygen atoms in total. The van der Waals surface area contributed by atoms with Crippen molar-refractivity contribution in [3.05, 3.63) is 53.1 Å². The van der Waals surface area contributed by atoms with Crippen LogP contribution in [-0.2, 0) is 22.1 Å². The van der Waals surface area contributed by atoms with Crippen molar-refractivity contribution in [3.8, 4) is 5.75 Å². The number of nitrogens with one attached hydrogen (secondary N) is 1. The summed E-state index contributed by atoms with van der Waals surface area (Å²) in [4.78, 5) is 23.4. The van der Waals surface area contributed by atoms with Crippen LogP contribution in [0, 0.1) is 0 Å². The summed E-state index contributed by atoms with van der Waals surface area (Å²) < 4.78 is 55.8. The molecule has 3 heterocycles. The summed E-state index contributed by atoms with van der Waals surface area (Å²) >= 11 is 0. The average Bonchev–Trinajstić information content (AvgIpc) is 2.88. The second-order valence-electron chi connectivity index (χ2n) is 9.05. The lowest BCUT2D eigenvalue weighted by Crippen LogP contribution is -2.54. The molecular formula is C25H31F3N4O4. The number of alkyl halides is 3. The van der Waals surface area contributed by atoms with Gasteiger partial charge in [0.1, 0.15) is 6.33 Å². The van der Waals surface area contributed by atoms with Gasteiger partial charge in [0.2, 0.25) is 0 Å². The highest BCUT2D eigenvalue weighted by Gasteiger charge is 2.33. The number of rotatable bonds is 7. The Morgan fingerprint density at radius 3 is 2.67 bits per heavy atom. The normalized spacial score (nSPS) is 21.4. The maximum Gasteiger partial charge on any atom is 0.416 e. The molecule has 0 spiro atoms. The van der Waals surface area contributed by atoms with Gasteiger partial charge in [0.15, 0.2) is 11.4 Å². The Kier molecular flexibility index (Phi) is 8.43. The molecule has 1 aromatic carbocycles. The molecule has 1 aromatic heterocycles. The van der Waals surface area contributed by atoms with Gasteiger partial charge in [-0.25, -0.2) is 9.97 Å². The average molecular weight is 509 g/mol. The Morgan fingerprint density at radius 2 is 1.97 bits per heavy atom. The van der Waals surface area contributed by atoms with Gasteiger partial charge in [-0.1, -0.05) is 18.2 Å². The molecule has 2 aromatic rings. The maximum absolute atomic E-state index is 13.3. The lowest BCUT2D eigenvalue weighted by Gasteiger charge is -2.38. The Morgan fingerprint density at radius 1 is 1.19 bits per heavy atom. The summed E-state index contributed by atoms with van der Waals surface area (Å²) in [5.41, 5.74) is 0.148. The molecule has 2 saturated heterocycles. The SMILES string of the molecule is COc1c(Cc2cccc(C(F)(F)F)c2)ncnc1C(=O)N1CCC(N[C@H]2CCOC[C@H]2OC)CC1. The van der Waals surface area contributed by atoms with Crippen LogP contribution in [0.25, 0.3) is 0 Å². The number of aromatic nitrogens is 2. The molecule has 1 amide bonds. The number of hydrogen-bond donors (Lipinski definition) is 1. The number of likely N-dealkylation sites (tertiary alicyclic amines) is 1. The summed E-state index contributed by atoms with van der Waals surface area (Å²) in [5, 5.41) is 3.66. The standard InChI is InChI=1S/C25H31F3N4O4/c1-34-21-14-36-11-8-19(21)31-18-6-9-32(10-7-18)24(33)22-23(35-2)20(29-15-30-22)13-16-4-3-5-17(12-16)25(26,27)28/h3-5,12,15,18-19,21,31H,6-11,13-14H2,1-2H3/t19-,21+/m0/s1. The van der Waals surface area contributed by atoms with E-state index in [0.29, 0.717) is 37.6 Å². The largest absolute Gasteiger partial charge is 0.492 e. The fraction of sp³-hybridized carbons (Fsp3) is 0.560. The third-order valence-corrected chi connectivity index (χ3v) is 6.75. The van der Waals surface area contributed by atoms with Gasteiger partial charge in [0.05, 0.1) is 31.1 Å². The molecule has 2 aliphatic rings. The molecule has 0 radical (unpaired) electrons. The molecule has 0 aliphatic carbocycles. The zero-order valence-electron chi connectivity index (χ0n) is 20.4. The van der Waals surface area contributed by atoms with E-state index >= 15 is 0 Å². The van der Waals surface area contributed by atoms with E-state index in [2.05, 4.69) is 15.3 Å². The summed E-state index contributed by atoms with van der Waals surface area (Å²) in [7, 11) is 3.09. The summed E-state index contributed by atoms with van der Waals surface area (Å²) in [6.07, 6.45) is -0.655. The van der Waals surface area contributed by atoms with Crippen LogP contribution in [0.4, 0.5) is 13.2 Å². The number of carbonyl (C=O) groups excluding carboxylic acids is 1. The van der Waals surface area contributed by atoms with Crippen molar-refractivity contribution in [2.75, 3.05) is 40.5 Å². The first-order valence-corrected chi connectivity index (χ1v) is 12.0. The van der Waals surface area contributed by atoms with Crippen molar-refractivity contribution >= 4 is 5.91 Å². The minimum Gasteiger partial charge on any atom is -0.492 e. The number of piperidine rings is 1. The Balaban J connectivity index is 1.42. The number of methoxy groups -OCH3 is 2. The molecule has 4 rings (SSSR count). The van der Waals surface area contributed by atoms with Crippen LogP contribution < -0.4 is 10.1 Å². The molecule has 2 fully saturated rings. The first-order valence-electron chi connectivity index (χ1n) is 12.0. The first kappa shape index (κ1) is 26.3. The smallest absolute Gasteiger partial charge is 0.416 e. The second-order valence-corrected chi connectivity index (χ2v) is 9.05. The van der Waals surface area contributed by atoms with Gasteiger partial charge < -0.3 is 24.4 Å². The van der Waals surface area contributed by atoms with E-state index < -0.39 is 11.7 Å². The highest BCUT2D eigenvalue weighted by Crippen LogP contribution is 2.31. The lowest BCUT2D eigenvalue weighted by molar-refractivity contribution is -0.137. The number of nitrogens with zero attached hydrogens (tertiary/aromatic N) is 3. The molecule has 11 heteroatoms. The van der Waals surface area contributed by atoms with Crippen LogP contribution in [0.3, 0.4) is 0 Å². The monoisotopic (exact) mass is 508 g/mol. The number of benzene rings is 1. The molecule has 196 valence electrons. The third-order valence-electron chi connectivity index (χ3n) is 6.75. The predicted octanol–water partition coefficient (Wildman–Crippen LogP) is 3.09. The van der Waals surface area contributed by atoms with Crippen molar-refractivity contribution in [1.82, 2.24) is 20.2 Å². The Labute approximate surface area is 208 Å². The quantitative estimate of drug-likeness (QED) is 0.615. The van der Waals surface area contributed by atoms with Crippen LogP contribution in [0.2, 0.25) is 0 Å². The zero-order chi connectivity index (χ0) is 25.7. The van der Waals surface area contributed by atoms with E-state index in [0.717, 1.165) is 31.4 Å².